The van der Waals surface area contributed by atoms with Crippen LogP contribution in [0.25, 0.3) is 0 Å². The van der Waals surface area contributed by atoms with Crippen LogP contribution in [-0.4, -0.2) is 40.3 Å². The number of rotatable bonds is 5. The molecule has 0 amide bonds. The number of phenolic OH excluding ortho intramolecular Hbond substituents is 1. The van der Waals surface area contributed by atoms with Gasteiger partial charge in [-0.1, -0.05) is 12.1 Å². The SMILES string of the molecule is CC(c1ccc(O)cc1)N(CC(=O)O)CC(F)(F)F. The molecular formula is C12H14F3NO3. The third kappa shape index (κ3) is 5.17. The number of alkyl halides is 3. The predicted octanol–water partition coefficient (Wildman–Crippen LogP) is 2.40. The van der Waals surface area contributed by atoms with E-state index in [1.54, 1.807) is 0 Å². The summed E-state index contributed by atoms with van der Waals surface area (Å²) in [5.41, 5.74) is 0.503. The van der Waals surface area contributed by atoms with Gasteiger partial charge in [0, 0.05) is 6.04 Å². The summed E-state index contributed by atoms with van der Waals surface area (Å²) in [4.78, 5) is 11.5. The molecular weight excluding hydrogens is 263 g/mol. The Morgan fingerprint density at radius 1 is 1.32 bits per heavy atom. The maximum atomic E-state index is 12.4. The second kappa shape index (κ2) is 5.92. The maximum absolute atomic E-state index is 12.4. The first-order valence-electron chi connectivity index (χ1n) is 5.50. The van der Waals surface area contributed by atoms with Gasteiger partial charge in [-0.3, -0.25) is 9.69 Å². The number of carboxylic acids is 1. The van der Waals surface area contributed by atoms with Crippen molar-refractivity contribution in [3.8, 4) is 5.75 Å². The summed E-state index contributed by atoms with van der Waals surface area (Å²) >= 11 is 0. The van der Waals surface area contributed by atoms with E-state index >= 15 is 0 Å². The van der Waals surface area contributed by atoms with Gasteiger partial charge in [0.05, 0.1) is 13.1 Å². The number of nitrogens with zero attached hydrogens (tertiary/aromatic N) is 1. The highest BCUT2D eigenvalue weighted by molar-refractivity contribution is 5.69. The molecule has 0 bridgehead atoms. The molecule has 0 aromatic heterocycles. The summed E-state index contributed by atoms with van der Waals surface area (Å²) in [6.45, 7) is -0.524. The Labute approximate surface area is 108 Å². The Balaban J connectivity index is 2.89. The quantitative estimate of drug-likeness (QED) is 0.867. The lowest BCUT2D eigenvalue weighted by Gasteiger charge is -2.28. The normalized spacial score (nSPS) is 13.5. The van der Waals surface area contributed by atoms with Crippen LogP contribution in [0.2, 0.25) is 0 Å². The van der Waals surface area contributed by atoms with Gasteiger partial charge in [-0.25, -0.2) is 0 Å². The van der Waals surface area contributed by atoms with Gasteiger partial charge >= 0.3 is 12.1 Å². The fourth-order valence-corrected chi connectivity index (χ4v) is 1.70. The lowest BCUT2D eigenvalue weighted by molar-refractivity contribution is -0.157. The van der Waals surface area contributed by atoms with Crippen molar-refractivity contribution in [2.24, 2.45) is 0 Å². The standard InChI is InChI=1S/C12H14F3NO3/c1-8(9-2-4-10(17)5-3-9)16(6-11(18)19)7-12(13,14)15/h2-5,8,17H,6-7H2,1H3,(H,18,19). The van der Waals surface area contributed by atoms with E-state index < -0.39 is 31.3 Å². The van der Waals surface area contributed by atoms with Crippen molar-refractivity contribution < 1.29 is 28.2 Å². The van der Waals surface area contributed by atoms with E-state index in [2.05, 4.69) is 0 Å². The number of aliphatic carboxylic acids is 1. The van der Waals surface area contributed by atoms with Crippen LogP contribution < -0.4 is 0 Å². The van der Waals surface area contributed by atoms with E-state index in [0.29, 0.717) is 5.56 Å². The molecule has 1 aromatic rings. The van der Waals surface area contributed by atoms with Crippen molar-refractivity contribution in [1.29, 1.82) is 0 Å². The number of hydrogen-bond donors (Lipinski definition) is 2. The lowest BCUT2D eigenvalue weighted by Crippen LogP contribution is -2.39. The number of halogens is 3. The van der Waals surface area contributed by atoms with Gasteiger partial charge < -0.3 is 10.2 Å². The van der Waals surface area contributed by atoms with Crippen molar-refractivity contribution >= 4 is 5.97 Å². The van der Waals surface area contributed by atoms with Crippen LogP contribution in [0, 0.1) is 0 Å². The molecule has 1 aromatic carbocycles. The maximum Gasteiger partial charge on any atom is 0.401 e. The number of aromatic hydroxyl groups is 1. The van der Waals surface area contributed by atoms with Crippen molar-refractivity contribution in [3.63, 3.8) is 0 Å². The molecule has 7 heteroatoms. The van der Waals surface area contributed by atoms with Gasteiger partial charge in [0.2, 0.25) is 0 Å². The van der Waals surface area contributed by atoms with Crippen LogP contribution in [-0.2, 0) is 4.79 Å². The molecule has 0 heterocycles. The summed E-state index contributed by atoms with van der Waals surface area (Å²) in [7, 11) is 0. The molecule has 1 unspecified atom stereocenters. The fraction of sp³-hybridized carbons (Fsp3) is 0.417. The number of carbonyl (C=O) groups is 1. The minimum Gasteiger partial charge on any atom is -0.508 e. The molecule has 0 fully saturated rings. The molecule has 4 nitrogen and oxygen atoms in total. The van der Waals surface area contributed by atoms with Gasteiger partial charge in [-0.2, -0.15) is 13.2 Å². The minimum atomic E-state index is -4.47. The average Bonchev–Trinajstić information content (AvgIpc) is 2.25. The lowest BCUT2D eigenvalue weighted by atomic mass is 10.1. The second-order valence-corrected chi connectivity index (χ2v) is 4.18. The molecule has 19 heavy (non-hydrogen) atoms. The molecule has 0 saturated heterocycles. The summed E-state index contributed by atoms with van der Waals surface area (Å²) in [6.07, 6.45) is -4.47. The van der Waals surface area contributed by atoms with Crippen molar-refractivity contribution in [1.82, 2.24) is 4.90 Å². The summed E-state index contributed by atoms with van der Waals surface area (Å²) in [5.74, 6) is -1.33. The summed E-state index contributed by atoms with van der Waals surface area (Å²) in [6, 6.07) is 4.89. The van der Waals surface area contributed by atoms with Crippen LogP contribution in [0.3, 0.4) is 0 Å². The van der Waals surface area contributed by atoms with Crippen molar-refractivity contribution in [3.05, 3.63) is 29.8 Å². The number of phenols is 1. The van der Waals surface area contributed by atoms with E-state index in [1.165, 1.54) is 31.2 Å². The van der Waals surface area contributed by atoms with E-state index in [-0.39, 0.29) is 5.75 Å². The van der Waals surface area contributed by atoms with Gasteiger partial charge in [-0.05, 0) is 24.6 Å². The van der Waals surface area contributed by atoms with E-state index in [4.69, 9.17) is 10.2 Å². The molecule has 0 aliphatic heterocycles. The van der Waals surface area contributed by atoms with Gasteiger partial charge in [-0.15, -0.1) is 0 Å². The van der Waals surface area contributed by atoms with E-state index in [1.807, 2.05) is 0 Å². The van der Waals surface area contributed by atoms with Crippen LogP contribution in [0.1, 0.15) is 18.5 Å². The topological polar surface area (TPSA) is 60.8 Å². The molecule has 106 valence electrons. The third-order valence-electron chi connectivity index (χ3n) is 2.64. The van der Waals surface area contributed by atoms with Crippen LogP contribution in [0.5, 0.6) is 5.75 Å². The molecule has 0 saturated carbocycles. The molecule has 1 atom stereocenters. The summed E-state index contributed by atoms with van der Waals surface area (Å²) in [5, 5.41) is 17.8. The number of carboxylic acid groups (broad SMARTS) is 1. The average molecular weight is 277 g/mol. The molecule has 2 N–H and O–H groups in total. The molecule has 0 radical (unpaired) electrons. The first-order valence-corrected chi connectivity index (χ1v) is 5.50. The molecule has 0 spiro atoms. The highest BCUT2D eigenvalue weighted by Gasteiger charge is 2.34. The van der Waals surface area contributed by atoms with E-state index in [0.717, 1.165) is 4.90 Å². The minimum absolute atomic E-state index is 0.00319. The highest BCUT2D eigenvalue weighted by atomic mass is 19.4. The number of benzene rings is 1. The fourth-order valence-electron chi connectivity index (χ4n) is 1.70. The Morgan fingerprint density at radius 2 is 1.84 bits per heavy atom. The Bertz CT molecular complexity index is 431. The highest BCUT2D eigenvalue weighted by Crippen LogP contribution is 2.26. The number of hydrogen-bond acceptors (Lipinski definition) is 3. The Morgan fingerprint density at radius 3 is 2.26 bits per heavy atom. The van der Waals surface area contributed by atoms with Crippen LogP contribution >= 0.6 is 0 Å². The first-order chi connectivity index (χ1) is 8.69. The zero-order chi connectivity index (χ0) is 14.6. The van der Waals surface area contributed by atoms with E-state index in [9.17, 15) is 18.0 Å². The first kappa shape index (κ1) is 15.3. The predicted molar refractivity (Wildman–Crippen MR) is 61.8 cm³/mol. The Hall–Kier alpha value is -1.76. The zero-order valence-electron chi connectivity index (χ0n) is 10.2. The van der Waals surface area contributed by atoms with Gasteiger partial charge in [0.1, 0.15) is 5.75 Å². The van der Waals surface area contributed by atoms with Crippen LogP contribution in [0.4, 0.5) is 13.2 Å². The van der Waals surface area contributed by atoms with Gasteiger partial charge in [0.25, 0.3) is 0 Å². The molecule has 0 aliphatic carbocycles. The van der Waals surface area contributed by atoms with Crippen molar-refractivity contribution in [2.75, 3.05) is 13.1 Å². The third-order valence-corrected chi connectivity index (χ3v) is 2.64. The zero-order valence-corrected chi connectivity index (χ0v) is 10.2. The molecule has 1 rings (SSSR count). The Kier molecular flexibility index (Phi) is 4.77. The monoisotopic (exact) mass is 277 g/mol. The van der Waals surface area contributed by atoms with Crippen molar-refractivity contribution in [2.45, 2.75) is 19.1 Å². The second-order valence-electron chi connectivity index (χ2n) is 4.18. The molecule has 0 aliphatic rings. The smallest absolute Gasteiger partial charge is 0.401 e. The van der Waals surface area contributed by atoms with Crippen LogP contribution in [0.15, 0.2) is 24.3 Å². The largest absolute Gasteiger partial charge is 0.508 e. The van der Waals surface area contributed by atoms with Gasteiger partial charge in [0.15, 0.2) is 0 Å². The summed E-state index contributed by atoms with van der Waals surface area (Å²) < 4.78 is 37.3.